The number of carbonyl (C=O) groups is 2. The molecule has 8 rings (SSSR count). The third-order valence-corrected chi connectivity index (χ3v) is 13.7. The van der Waals surface area contributed by atoms with Gasteiger partial charge in [-0.15, -0.1) is 0 Å². The minimum absolute atomic E-state index is 0.108. The molecule has 0 saturated carbocycles. The van der Waals surface area contributed by atoms with Gasteiger partial charge < -0.3 is 19.6 Å². The second kappa shape index (κ2) is 12.0. The fraction of sp³-hybridized carbons (Fsp3) is 0.422. The summed E-state index contributed by atoms with van der Waals surface area (Å²) in [5.41, 5.74) is 18.4. The lowest BCUT2D eigenvalue weighted by atomic mass is 9.85. The van der Waals surface area contributed by atoms with Crippen molar-refractivity contribution in [1.29, 1.82) is 0 Å². The van der Waals surface area contributed by atoms with E-state index in [0.29, 0.717) is 0 Å². The van der Waals surface area contributed by atoms with Gasteiger partial charge in [0.05, 0.1) is 34.6 Å². The highest BCUT2D eigenvalue weighted by atomic mass is 16.2. The lowest BCUT2D eigenvalue weighted by Crippen LogP contribution is -2.47. The molecule has 2 amide bonds. The summed E-state index contributed by atoms with van der Waals surface area (Å²) in [4.78, 5) is 38.0. The second-order valence-electron chi connectivity index (χ2n) is 15.9. The number of amides is 2. The van der Waals surface area contributed by atoms with Crippen LogP contribution in [-0.4, -0.2) is 50.1 Å². The quantitative estimate of drug-likeness (QED) is 0.217. The van der Waals surface area contributed by atoms with Gasteiger partial charge in [-0.05, 0) is 155 Å². The number of anilines is 4. The van der Waals surface area contributed by atoms with Gasteiger partial charge in [-0.25, -0.2) is 0 Å². The van der Waals surface area contributed by atoms with Crippen LogP contribution in [0.3, 0.4) is 0 Å². The maximum absolute atomic E-state index is 14.5. The SMILES string of the molecule is Cc1c(C)c2c(c(C)c1CCCc1c(C)c(C)c3c(c1C)N(C)C(C)[C@@H]1Cc4ccccc4N1C3=O)N(C)C(C)[C@@H]1Cc3ccccc3N1C2=O. The van der Waals surface area contributed by atoms with Crippen molar-refractivity contribution in [1.82, 2.24) is 0 Å². The van der Waals surface area contributed by atoms with Crippen molar-refractivity contribution in [3.8, 4) is 0 Å². The number of para-hydroxylation sites is 2. The zero-order valence-electron chi connectivity index (χ0n) is 32.1. The average Bonchev–Trinajstić information content (AvgIpc) is 3.67. The zero-order valence-corrected chi connectivity index (χ0v) is 32.1. The van der Waals surface area contributed by atoms with Crippen LogP contribution in [0.2, 0.25) is 0 Å². The van der Waals surface area contributed by atoms with Gasteiger partial charge in [-0.1, -0.05) is 36.4 Å². The molecule has 4 heterocycles. The van der Waals surface area contributed by atoms with E-state index < -0.39 is 0 Å². The number of hydrogen-bond donors (Lipinski definition) is 0. The first-order valence-corrected chi connectivity index (χ1v) is 18.9. The van der Waals surface area contributed by atoms with Gasteiger partial charge in [-0.3, -0.25) is 9.59 Å². The van der Waals surface area contributed by atoms with Crippen molar-refractivity contribution in [2.24, 2.45) is 0 Å². The highest BCUT2D eigenvalue weighted by molar-refractivity contribution is 6.15. The van der Waals surface area contributed by atoms with Gasteiger partial charge in [0.15, 0.2) is 0 Å². The third-order valence-electron chi connectivity index (χ3n) is 13.7. The van der Waals surface area contributed by atoms with Crippen molar-refractivity contribution in [2.45, 2.75) is 112 Å². The first-order chi connectivity index (χ1) is 24.3. The summed E-state index contributed by atoms with van der Waals surface area (Å²) < 4.78 is 0. The molecule has 0 radical (unpaired) electrons. The van der Waals surface area contributed by atoms with Gasteiger partial charge in [0.25, 0.3) is 11.8 Å². The average molecular weight is 681 g/mol. The maximum atomic E-state index is 14.5. The topological polar surface area (TPSA) is 47.1 Å². The molecule has 2 unspecified atom stereocenters. The van der Waals surface area contributed by atoms with Gasteiger partial charge >= 0.3 is 0 Å². The van der Waals surface area contributed by atoms with E-state index in [2.05, 4.69) is 138 Å². The van der Waals surface area contributed by atoms with Crippen LogP contribution in [0.25, 0.3) is 0 Å². The van der Waals surface area contributed by atoms with Gasteiger partial charge in [0.1, 0.15) is 0 Å². The first-order valence-electron chi connectivity index (χ1n) is 18.9. The highest BCUT2D eigenvalue weighted by Crippen LogP contribution is 2.46. The molecule has 4 aromatic rings. The van der Waals surface area contributed by atoms with Crippen molar-refractivity contribution in [3.63, 3.8) is 0 Å². The summed E-state index contributed by atoms with van der Waals surface area (Å²) in [6, 6.07) is 17.4. The molecule has 0 bridgehead atoms. The summed E-state index contributed by atoms with van der Waals surface area (Å²) >= 11 is 0. The Kier molecular flexibility index (Phi) is 7.90. The highest BCUT2D eigenvalue weighted by Gasteiger charge is 2.45. The van der Waals surface area contributed by atoms with Crippen molar-refractivity contribution in [2.75, 3.05) is 33.7 Å². The van der Waals surface area contributed by atoms with Crippen LogP contribution in [0.1, 0.15) is 96.6 Å². The maximum Gasteiger partial charge on any atom is 0.261 e. The first kappa shape index (κ1) is 33.6. The molecule has 0 fully saturated rings. The standard InChI is InChI=1S/C45H52N4O2/c1-24-26(3)40-42(46(9)30(7)38-22-32-16-11-13-20-36(32)48(38)44(40)50)28(5)34(24)18-15-19-35-25(2)27(4)41-43(29(35)6)47(10)31(8)39-23-33-17-12-14-21-37(33)49(39)45(41)51/h11-14,16-17,20-21,30-31,38-39H,15,18-19,22-23H2,1-10H3/t30?,31?,38-,39-/m0/s1. The van der Waals surface area contributed by atoms with Gasteiger partial charge in [-0.2, -0.15) is 0 Å². The van der Waals surface area contributed by atoms with Gasteiger partial charge in [0, 0.05) is 37.6 Å². The molecule has 0 spiro atoms. The van der Waals surface area contributed by atoms with Crippen LogP contribution in [0, 0.1) is 41.5 Å². The molecule has 0 aromatic heterocycles. The molecule has 6 nitrogen and oxygen atoms in total. The number of rotatable bonds is 4. The fourth-order valence-corrected chi connectivity index (χ4v) is 10.3. The van der Waals surface area contributed by atoms with E-state index in [1.54, 1.807) is 0 Å². The Morgan fingerprint density at radius 2 is 0.922 bits per heavy atom. The van der Waals surface area contributed by atoms with Crippen LogP contribution in [0.15, 0.2) is 48.5 Å². The summed E-state index contributed by atoms with van der Waals surface area (Å²) in [7, 11) is 4.37. The van der Waals surface area contributed by atoms with Crippen molar-refractivity contribution >= 4 is 34.6 Å². The van der Waals surface area contributed by atoms with E-state index >= 15 is 0 Å². The van der Waals surface area contributed by atoms with E-state index in [1.807, 2.05) is 0 Å². The van der Waals surface area contributed by atoms with Gasteiger partial charge in [0.2, 0.25) is 0 Å². The summed E-state index contributed by atoms with van der Waals surface area (Å²) in [5, 5.41) is 0. The smallest absolute Gasteiger partial charge is 0.261 e. The van der Waals surface area contributed by atoms with Crippen molar-refractivity contribution in [3.05, 3.63) is 115 Å². The second-order valence-corrected chi connectivity index (χ2v) is 15.9. The molecule has 51 heavy (non-hydrogen) atoms. The number of likely N-dealkylation sites (N-methyl/N-ethyl adjacent to an activating group) is 2. The Bertz CT molecular complexity index is 2000. The Morgan fingerprint density at radius 3 is 1.31 bits per heavy atom. The number of hydrogen-bond acceptors (Lipinski definition) is 4. The normalized spacial score (nSPS) is 21.9. The molecule has 0 saturated heterocycles. The number of fused-ring (bicyclic) bond motifs is 8. The fourth-order valence-electron chi connectivity index (χ4n) is 10.3. The van der Waals surface area contributed by atoms with Crippen LogP contribution in [0.5, 0.6) is 0 Å². The number of nitrogens with zero attached hydrogens (tertiary/aromatic N) is 4. The molecular weight excluding hydrogens is 629 g/mol. The zero-order chi connectivity index (χ0) is 36.2. The number of benzene rings is 4. The lowest BCUT2D eigenvalue weighted by molar-refractivity contribution is 0.0972. The Labute approximate surface area is 304 Å². The Hall–Kier alpha value is -4.58. The van der Waals surface area contributed by atoms with E-state index in [1.165, 1.54) is 44.5 Å². The third kappa shape index (κ3) is 4.67. The van der Waals surface area contributed by atoms with Crippen LogP contribution in [0.4, 0.5) is 22.7 Å². The molecule has 0 N–H and O–H groups in total. The van der Waals surface area contributed by atoms with E-state index in [4.69, 9.17) is 0 Å². The minimum Gasteiger partial charge on any atom is -0.369 e. The summed E-state index contributed by atoms with van der Waals surface area (Å²) in [6.45, 7) is 17.7. The van der Waals surface area contributed by atoms with Crippen molar-refractivity contribution < 1.29 is 9.59 Å². The molecule has 0 aliphatic carbocycles. The monoisotopic (exact) mass is 680 g/mol. The molecule has 6 heteroatoms. The lowest BCUT2D eigenvalue weighted by Gasteiger charge is -2.34. The Morgan fingerprint density at radius 1 is 0.549 bits per heavy atom. The summed E-state index contributed by atoms with van der Waals surface area (Å²) in [5.74, 6) is 0.268. The molecule has 4 aromatic carbocycles. The van der Waals surface area contributed by atoms with Crippen LogP contribution in [-0.2, 0) is 25.7 Å². The molecular formula is C45H52N4O2. The molecule has 4 aliphatic heterocycles. The predicted octanol–water partition coefficient (Wildman–Crippen LogP) is 8.53. The summed E-state index contributed by atoms with van der Waals surface area (Å²) in [6.07, 6.45) is 4.63. The van der Waals surface area contributed by atoms with E-state index in [-0.39, 0.29) is 36.0 Å². The van der Waals surface area contributed by atoms with E-state index in [0.717, 1.165) is 77.1 Å². The predicted molar refractivity (Wildman–Crippen MR) is 211 cm³/mol. The Balaban J connectivity index is 1.13. The molecule has 4 aliphatic rings. The van der Waals surface area contributed by atoms with Crippen LogP contribution < -0.4 is 19.6 Å². The minimum atomic E-state index is 0.108. The number of carbonyl (C=O) groups excluding carboxylic acids is 2. The van der Waals surface area contributed by atoms with Crippen LogP contribution >= 0.6 is 0 Å². The molecule has 4 atom stereocenters. The van der Waals surface area contributed by atoms with E-state index in [9.17, 15) is 9.59 Å². The molecule has 264 valence electrons. The largest absolute Gasteiger partial charge is 0.369 e.